The summed E-state index contributed by atoms with van der Waals surface area (Å²) in [6, 6.07) is 0. The van der Waals surface area contributed by atoms with Crippen LogP contribution in [0.25, 0.3) is 10.2 Å². The normalized spacial score (nSPS) is 23.7. The lowest BCUT2D eigenvalue weighted by molar-refractivity contribution is 0.293. The van der Waals surface area contributed by atoms with Gasteiger partial charge in [0.2, 0.25) is 0 Å². The van der Waals surface area contributed by atoms with Crippen LogP contribution in [-0.2, 0) is 0 Å². The maximum atomic E-state index is 4.41. The van der Waals surface area contributed by atoms with Crippen LogP contribution in [0, 0.1) is 18.8 Å². The van der Waals surface area contributed by atoms with Crippen molar-refractivity contribution in [2.75, 3.05) is 11.9 Å². The largest absolute Gasteiger partial charge is 0.369 e. The van der Waals surface area contributed by atoms with E-state index < -0.39 is 0 Å². The van der Waals surface area contributed by atoms with Gasteiger partial charge >= 0.3 is 0 Å². The van der Waals surface area contributed by atoms with Crippen molar-refractivity contribution in [2.45, 2.75) is 39.5 Å². The third kappa shape index (κ3) is 2.73. The van der Waals surface area contributed by atoms with Crippen molar-refractivity contribution >= 4 is 27.4 Å². The topological polar surface area (TPSA) is 37.8 Å². The predicted octanol–water partition coefficient (Wildman–Crippen LogP) is 4.24. The molecule has 1 saturated carbocycles. The van der Waals surface area contributed by atoms with E-state index in [1.165, 1.54) is 35.9 Å². The summed E-state index contributed by atoms with van der Waals surface area (Å²) >= 11 is 1.74. The van der Waals surface area contributed by atoms with Crippen LogP contribution in [0.5, 0.6) is 0 Å². The summed E-state index contributed by atoms with van der Waals surface area (Å²) in [5.41, 5.74) is 2.34. The monoisotopic (exact) mass is 275 g/mol. The molecule has 0 amide bonds. The standard InChI is InChI=1S/C15H21N3S/c1-10-4-3-5-12(6-10)7-16-15-14-13(17-9-18-15)11(2)8-19-14/h8-10,12H,3-7H2,1-2H3,(H,16,17,18). The maximum Gasteiger partial charge on any atom is 0.147 e. The molecule has 3 rings (SSSR count). The number of nitrogens with one attached hydrogen (secondary N) is 1. The average Bonchev–Trinajstić information content (AvgIpc) is 2.79. The molecule has 3 nitrogen and oxygen atoms in total. The highest BCUT2D eigenvalue weighted by Crippen LogP contribution is 2.31. The number of rotatable bonds is 3. The molecule has 0 spiro atoms. The lowest BCUT2D eigenvalue weighted by Crippen LogP contribution is -2.21. The maximum absolute atomic E-state index is 4.41. The average molecular weight is 275 g/mol. The van der Waals surface area contributed by atoms with Crippen molar-refractivity contribution in [3.8, 4) is 0 Å². The number of aromatic nitrogens is 2. The van der Waals surface area contributed by atoms with Crippen molar-refractivity contribution in [2.24, 2.45) is 11.8 Å². The van der Waals surface area contributed by atoms with Gasteiger partial charge in [0.1, 0.15) is 12.1 Å². The molecule has 0 bridgehead atoms. The number of hydrogen-bond donors (Lipinski definition) is 1. The van der Waals surface area contributed by atoms with Gasteiger partial charge in [-0.2, -0.15) is 0 Å². The van der Waals surface area contributed by atoms with E-state index in [0.717, 1.165) is 29.7 Å². The Morgan fingerprint density at radius 2 is 2.26 bits per heavy atom. The van der Waals surface area contributed by atoms with Gasteiger partial charge in [-0.05, 0) is 42.5 Å². The minimum Gasteiger partial charge on any atom is -0.369 e. The molecule has 1 N–H and O–H groups in total. The molecule has 2 atom stereocenters. The fourth-order valence-corrected chi connectivity index (χ4v) is 4.05. The quantitative estimate of drug-likeness (QED) is 0.910. The molecule has 2 heterocycles. The molecular formula is C15H21N3S. The molecule has 0 aromatic carbocycles. The molecule has 2 aromatic rings. The highest BCUT2D eigenvalue weighted by Gasteiger charge is 2.19. The Kier molecular flexibility index (Phi) is 3.69. The predicted molar refractivity (Wildman–Crippen MR) is 81.8 cm³/mol. The number of anilines is 1. The summed E-state index contributed by atoms with van der Waals surface area (Å²) in [5, 5.41) is 5.71. The zero-order valence-corrected chi connectivity index (χ0v) is 12.5. The highest BCUT2D eigenvalue weighted by molar-refractivity contribution is 7.18. The Bertz CT molecular complexity index is 564. The van der Waals surface area contributed by atoms with Crippen LogP contribution in [0.1, 0.15) is 38.2 Å². The summed E-state index contributed by atoms with van der Waals surface area (Å²) < 4.78 is 1.20. The first-order valence-corrected chi connectivity index (χ1v) is 8.04. The molecule has 1 aliphatic carbocycles. The van der Waals surface area contributed by atoms with E-state index in [4.69, 9.17) is 0 Å². The van der Waals surface area contributed by atoms with E-state index in [-0.39, 0.29) is 0 Å². The molecule has 2 aromatic heterocycles. The molecule has 4 heteroatoms. The van der Waals surface area contributed by atoms with E-state index in [0.29, 0.717) is 0 Å². The number of aryl methyl sites for hydroxylation is 1. The van der Waals surface area contributed by atoms with Gasteiger partial charge < -0.3 is 5.32 Å². The van der Waals surface area contributed by atoms with Gasteiger partial charge in [0, 0.05) is 6.54 Å². The second-order valence-corrected chi connectivity index (χ2v) is 6.72. The lowest BCUT2D eigenvalue weighted by Gasteiger charge is -2.26. The molecule has 19 heavy (non-hydrogen) atoms. The zero-order valence-electron chi connectivity index (χ0n) is 11.6. The van der Waals surface area contributed by atoms with Crippen LogP contribution >= 0.6 is 11.3 Å². The van der Waals surface area contributed by atoms with E-state index in [1.54, 1.807) is 17.7 Å². The van der Waals surface area contributed by atoms with Gasteiger partial charge in [-0.15, -0.1) is 11.3 Å². The first kappa shape index (κ1) is 12.9. The summed E-state index contributed by atoms with van der Waals surface area (Å²) in [7, 11) is 0. The molecule has 1 aliphatic rings. The fraction of sp³-hybridized carbons (Fsp3) is 0.600. The number of nitrogens with zero attached hydrogens (tertiary/aromatic N) is 2. The van der Waals surface area contributed by atoms with Crippen LogP contribution in [0.4, 0.5) is 5.82 Å². The lowest BCUT2D eigenvalue weighted by atomic mass is 9.82. The van der Waals surface area contributed by atoms with Crippen LogP contribution in [0.2, 0.25) is 0 Å². The summed E-state index contributed by atoms with van der Waals surface area (Å²) in [6.45, 7) is 5.53. The molecule has 102 valence electrons. The van der Waals surface area contributed by atoms with E-state index >= 15 is 0 Å². The van der Waals surface area contributed by atoms with Crippen LogP contribution < -0.4 is 5.32 Å². The minimum atomic E-state index is 0.801. The third-order valence-corrected chi connectivity index (χ3v) is 5.23. The first-order valence-electron chi connectivity index (χ1n) is 7.16. The van der Waals surface area contributed by atoms with Gasteiger partial charge in [0.15, 0.2) is 0 Å². The highest BCUT2D eigenvalue weighted by atomic mass is 32.1. The Hall–Kier alpha value is -1.16. The molecule has 2 unspecified atom stereocenters. The number of fused-ring (bicyclic) bond motifs is 1. The minimum absolute atomic E-state index is 0.801. The van der Waals surface area contributed by atoms with Crippen LogP contribution in [-0.4, -0.2) is 16.5 Å². The van der Waals surface area contributed by atoms with Gasteiger partial charge in [0.05, 0.1) is 10.2 Å². The molecular weight excluding hydrogens is 254 g/mol. The summed E-state index contributed by atoms with van der Waals surface area (Å²) in [5.74, 6) is 2.70. The van der Waals surface area contributed by atoms with Crippen molar-refractivity contribution in [1.82, 2.24) is 9.97 Å². The number of thiophene rings is 1. The molecule has 0 saturated heterocycles. The van der Waals surface area contributed by atoms with Gasteiger partial charge in [-0.3, -0.25) is 0 Å². The van der Waals surface area contributed by atoms with E-state index in [1.807, 2.05) is 0 Å². The van der Waals surface area contributed by atoms with Crippen molar-refractivity contribution < 1.29 is 0 Å². The van der Waals surface area contributed by atoms with E-state index in [9.17, 15) is 0 Å². The van der Waals surface area contributed by atoms with Gasteiger partial charge in [-0.1, -0.05) is 19.8 Å². The molecule has 0 aliphatic heterocycles. The fourth-order valence-electron chi connectivity index (χ4n) is 3.08. The molecule has 0 radical (unpaired) electrons. The Balaban J connectivity index is 1.71. The Morgan fingerprint density at radius 1 is 1.37 bits per heavy atom. The third-order valence-electron chi connectivity index (χ3n) is 4.13. The summed E-state index contributed by atoms with van der Waals surface area (Å²) in [6.07, 6.45) is 7.16. The van der Waals surface area contributed by atoms with Gasteiger partial charge in [0.25, 0.3) is 0 Å². The van der Waals surface area contributed by atoms with Crippen LogP contribution in [0.15, 0.2) is 11.7 Å². The van der Waals surface area contributed by atoms with Crippen molar-refractivity contribution in [3.63, 3.8) is 0 Å². The Labute approximate surface area is 118 Å². The van der Waals surface area contributed by atoms with Crippen molar-refractivity contribution in [1.29, 1.82) is 0 Å². The second kappa shape index (κ2) is 5.45. The van der Waals surface area contributed by atoms with E-state index in [2.05, 4.69) is 34.5 Å². The SMILES string of the molecule is Cc1csc2c(NCC3CCCC(C)C3)ncnc12. The first-order chi connectivity index (χ1) is 9.24. The van der Waals surface area contributed by atoms with Gasteiger partial charge in [-0.25, -0.2) is 9.97 Å². The van der Waals surface area contributed by atoms with Crippen molar-refractivity contribution in [3.05, 3.63) is 17.3 Å². The van der Waals surface area contributed by atoms with Crippen LogP contribution in [0.3, 0.4) is 0 Å². The smallest absolute Gasteiger partial charge is 0.147 e. The summed E-state index contributed by atoms with van der Waals surface area (Å²) in [4.78, 5) is 8.78. The number of hydrogen-bond acceptors (Lipinski definition) is 4. The Morgan fingerprint density at radius 3 is 3.11 bits per heavy atom. The zero-order chi connectivity index (χ0) is 13.2. The second-order valence-electron chi connectivity index (χ2n) is 5.84. The molecule has 1 fully saturated rings.